The van der Waals surface area contributed by atoms with Gasteiger partial charge in [0.05, 0.1) is 12.3 Å². The van der Waals surface area contributed by atoms with E-state index in [-0.39, 0.29) is 11.0 Å². The van der Waals surface area contributed by atoms with Gasteiger partial charge in [0.25, 0.3) is 5.91 Å². The Bertz CT molecular complexity index is 723. The Balaban J connectivity index is 1.93. The van der Waals surface area contributed by atoms with Gasteiger partial charge in [-0.15, -0.1) is 0 Å². The van der Waals surface area contributed by atoms with Crippen LogP contribution in [0.5, 0.6) is 5.75 Å². The molecule has 0 aliphatic rings. The van der Waals surface area contributed by atoms with Crippen molar-refractivity contribution >= 4 is 44.9 Å². The lowest BCUT2D eigenvalue weighted by Crippen LogP contribution is -2.34. The van der Waals surface area contributed by atoms with Crippen molar-refractivity contribution in [2.75, 3.05) is 25.1 Å². The lowest BCUT2D eigenvalue weighted by Gasteiger charge is -2.14. The standard InChI is InChI=1S/C18H19BrN2O3S/c1-2-23-11-12-24-16-6-4-3-5-15(16)20-18(25)21-17(22)13-7-9-14(19)10-8-13/h3-10H,2,11-12H2,1H3,(H2,20,21,22,25). The molecule has 0 saturated carbocycles. The van der Waals surface area contributed by atoms with Gasteiger partial charge in [-0.2, -0.15) is 0 Å². The number of para-hydroxylation sites is 2. The van der Waals surface area contributed by atoms with Gasteiger partial charge in [0.1, 0.15) is 12.4 Å². The van der Waals surface area contributed by atoms with Crippen molar-refractivity contribution in [1.82, 2.24) is 5.32 Å². The highest BCUT2D eigenvalue weighted by atomic mass is 79.9. The highest BCUT2D eigenvalue weighted by Crippen LogP contribution is 2.23. The van der Waals surface area contributed by atoms with E-state index < -0.39 is 0 Å². The fourth-order valence-electron chi connectivity index (χ4n) is 1.98. The third-order valence-electron chi connectivity index (χ3n) is 3.16. The maximum absolute atomic E-state index is 12.2. The first kappa shape index (κ1) is 19.4. The van der Waals surface area contributed by atoms with E-state index >= 15 is 0 Å². The molecule has 25 heavy (non-hydrogen) atoms. The van der Waals surface area contributed by atoms with E-state index in [0.29, 0.717) is 36.8 Å². The van der Waals surface area contributed by atoms with Gasteiger partial charge in [0.15, 0.2) is 5.11 Å². The van der Waals surface area contributed by atoms with E-state index in [1.807, 2.05) is 31.2 Å². The third-order valence-corrected chi connectivity index (χ3v) is 3.89. The largest absolute Gasteiger partial charge is 0.489 e. The van der Waals surface area contributed by atoms with Gasteiger partial charge >= 0.3 is 0 Å². The van der Waals surface area contributed by atoms with Gasteiger partial charge in [0.2, 0.25) is 0 Å². The van der Waals surface area contributed by atoms with Gasteiger partial charge in [-0.25, -0.2) is 0 Å². The van der Waals surface area contributed by atoms with Crippen molar-refractivity contribution in [1.29, 1.82) is 0 Å². The van der Waals surface area contributed by atoms with E-state index in [1.54, 1.807) is 24.3 Å². The zero-order chi connectivity index (χ0) is 18.1. The van der Waals surface area contributed by atoms with Gasteiger partial charge < -0.3 is 14.8 Å². The summed E-state index contributed by atoms with van der Waals surface area (Å²) in [6.07, 6.45) is 0. The minimum Gasteiger partial charge on any atom is -0.489 e. The average molecular weight is 423 g/mol. The number of ether oxygens (including phenoxy) is 2. The van der Waals surface area contributed by atoms with Crippen molar-refractivity contribution in [3.05, 3.63) is 58.6 Å². The van der Waals surface area contributed by atoms with E-state index in [2.05, 4.69) is 26.6 Å². The molecule has 0 saturated heterocycles. The Morgan fingerprint density at radius 3 is 2.56 bits per heavy atom. The molecule has 2 N–H and O–H groups in total. The summed E-state index contributed by atoms with van der Waals surface area (Å²) >= 11 is 8.55. The molecule has 0 bridgehead atoms. The number of benzene rings is 2. The summed E-state index contributed by atoms with van der Waals surface area (Å²) in [4.78, 5) is 12.2. The first-order valence-corrected chi connectivity index (χ1v) is 8.97. The minimum atomic E-state index is -0.278. The number of rotatable bonds is 7. The quantitative estimate of drug-likeness (QED) is 0.521. The fourth-order valence-corrected chi connectivity index (χ4v) is 2.45. The molecule has 2 rings (SSSR count). The predicted molar refractivity (Wildman–Crippen MR) is 106 cm³/mol. The van der Waals surface area contributed by atoms with Crippen LogP contribution in [0, 0.1) is 0 Å². The number of hydrogen-bond donors (Lipinski definition) is 2. The summed E-state index contributed by atoms with van der Waals surface area (Å²) in [5.41, 5.74) is 1.20. The number of halogens is 1. The molecule has 5 nitrogen and oxygen atoms in total. The van der Waals surface area contributed by atoms with Crippen LogP contribution < -0.4 is 15.4 Å². The fraction of sp³-hybridized carbons (Fsp3) is 0.222. The number of carbonyl (C=O) groups excluding carboxylic acids is 1. The molecule has 0 spiro atoms. The summed E-state index contributed by atoms with van der Waals surface area (Å²) < 4.78 is 11.8. The SMILES string of the molecule is CCOCCOc1ccccc1NC(=S)NC(=O)c1ccc(Br)cc1. The number of nitrogens with one attached hydrogen (secondary N) is 2. The molecule has 0 radical (unpaired) electrons. The molecular formula is C18H19BrN2O3S. The Morgan fingerprint density at radius 2 is 1.84 bits per heavy atom. The van der Waals surface area contributed by atoms with Crippen molar-refractivity contribution in [3.63, 3.8) is 0 Å². The second kappa shape index (κ2) is 10.1. The molecule has 0 unspecified atom stereocenters. The third kappa shape index (κ3) is 6.45. The van der Waals surface area contributed by atoms with E-state index in [0.717, 1.165) is 4.47 Å². The Hall–Kier alpha value is -1.96. The maximum Gasteiger partial charge on any atom is 0.257 e. The van der Waals surface area contributed by atoms with Crippen molar-refractivity contribution in [2.45, 2.75) is 6.92 Å². The summed E-state index contributed by atoms with van der Waals surface area (Å²) in [7, 11) is 0. The van der Waals surface area contributed by atoms with Crippen molar-refractivity contribution in [2.24, 2.45) is 0 Å². The molecule has 7 heteroatoms. The van der Waals surface area contributed by atoms with Gasteiger partial charge in [-0.05, 0) is 55.5 Å². The van der Waals surface area contributed by atoms with Crippen LogP contribution in [-0.2, 0) is 4.74 Å². The highest BCUT2D eigenvalue weighted by molar-refractivity contribution is 9.10. The van der Waals surface area contributed by atoms with Crippen LogP contribution in [0.2, 0.25) is 0 Å². The Kier molecular flexibility index (Phi) is 7.84. The average Bonchev–Trinajstić information content (AvgIpc) is 2.60. The van der Waals surface area contributed by atoms with Crippen molar-refractivity contribution in [3.8, 4) is 5.75 Å². The van der Waals surface area contributed by atoms with Gasteiger partial charge in [-0.3, -0.25) is 10.1 Å². The minimum absolute atomic E-state index is 0.203. The number of thiocarbonyl (C=S) groups is 1. The van der Waals surface area contributed by atoms with Gasteiger partial charge in [-0.1, -0.05) is 28.1 Å². The van der Waals surface area contributed by atoms with Crippen LogP contribution in [-0.4, -0.2) is 30.8 Å². The Labute approximate surface area is 160 Å². The van der Waals surface area contributed by atoms with Crippen LogP contribution >= 0.6 is 28.1 Å². The van der Waals surface area contributed by atoms with E-state index in [1.165, 1.54) is 0 Å². The zero-order valence-corrected chi connectivity index (χ0v) is 16.2. The second-order valence-corrected chi connectivity index (χ2v) is 6.28. The smallest absolute Gasteiger partial charge is 0.257 e. The van der Waals surface area contributed by atoms with Gasteiger partial charge in [0, 0.05) is 16.6 Å². The molecular weight excluding hydrogens is 404 g/mol. The predicted octanol–water partition coefficient (Wildman–Crippen LogP) is 3.99. The summed E-state index contributed by atoms with van der Waals surface area (Å²) in [6.45, 7) is 3.53. The number of amides is 1. The number of anilines is 1. The zero-order valence-electron chi connectivity index (χ0n) is 13.8. The second-order valence-electron chi connectivity index (χ2n) is 4.96. The molecule has 0 fully saturated rings. The van der Waals surface area contributed by atoms with Crippen LogP contribution in [0.3, 0.4) is 0 Å². The van der Waals surface area contributed by atoms with Crippen LogP contribution in [0.25, 0.3) is 0 Å². The normalized spacial score (nSPS) is 10.2. The molecule has 0 aliphatic carbocycles. The molecule has 0 aromatic heterocycles. The molecule has 1 amide bonds. The lowest BCUT2D eigenvalue weighted by atomic mass is 10.2. The first-order valence-electron chi connectivity index (χ1n) is 7.77. The summed E-state index contributed by atoms with van der Waals surface area (Å²) in [6, 6.07) is 14.4. The molecule has 132 valence electrons. The Morgan fingerprint density at radius 1 is 1.12 bits per heavy atom. The summed E-state index contributed by atoms with van der Waals surface area (Å²) in [5.74, 6) is 0.363. The molecule has 2 aromatic carbocycles. The van der Waals surface area contributed by atoms with Crippen LogP contribution in [0.15, 0.2) is 53.0 Å². The van der Waals surface area contributed by atoms with Crippen LogP contribution in [0.1, 0.15) is 17.3 Å². The molecule has 2 aromatic rings. The van der Waals surface area contributed by atoms with Crippen molar-refractivity contribution < 1.29 is 14.3 Å². The topological polar surface area (TPSA) is 59.6 Å². The summed E-state index contributed by atoms with van der Waals surface area (Å²) in [5, 5.41) is 5.84. The lowest BCUT2D eigenvalue weighted by molar-refractivity contribution is 0.0977. The molecule has 0 aliphatic heterocycles. The molecule has 0 atom stereocenters. The maximum atomic E-state index is 12.2. The number of carbonyl (C=O) groups is 1. The monoisotopic (exact) mass is 422 g/mol. The highest BCUT2D eigenvalue weighted by Gasteiger charge is 2.10. The first-order chi connectivity index (χ1) is 12.1. The van der Waals surface area contributed by atoms with Crippen LogP contribution in [0.4, 0.5) is 5.69 Å². The molecule has 0 heterocycles. The number of hydrogen-bond acceptors (Lipinski definition) is 4. The van der Waals surface area contributed by atoms with E-state index in [4.69, 9.17) is 21.7 Å². The van der Waals surface area contributed by atoms with E-state index in [9.17, 15) is 4.79 Å².